The molecule has 1 nitrogen and oxygen atoms in total. The standard InChI is InChI=1S/C18H23NP.2C18H15P.Ag/c1-14(2)20(15(3)4)18-13-9-8-12-17(18)19-16-10-6-5-7-11-16;2*1-4-10-16(11-5-1)19(17-12-6-2-7-13-17)18-14-8-3-9-15-18;/h5-15H,1-4H3;2*1-15H;/q-1;;;+1/p+3. The van der Waals surface area contributed by atoms with Gasteiger partial charge < -0.3 is 5.32 Å². The molecular formula is C54H56AgNP3+3. The monoisotopic (exact) mass is 918 g/mol. The molecule has 0 spiro atoms. The van der Waals surface area contributed by atoms with Crippen LogP contribution in [-0.4, -0.2) is 11.3 Å². The maximum absolute atomic E-state index is 4.85. The van der Waals surface area contributed by atoms with Gasteiger partial charge in [0.2, 0.25) is 0 Å². The molecule has 0 saturated heterocycles. The fourth-order valence-electron chi connectivity index (χ4n) is 7.37. The Kier molecular flexibility index (Phi) is 19.1. The Hall–Kier alpha value is -4.41. The fraction of sp³-hybridized carbons (Fsp3) is 0.111. The van der Waals surface area contributed by atoms with Crippen molar-refractivity contribution in [1.29, 1.82) is 0 Å². The predicted molar refractivity (Wildman–Crippen MR) is 267 cm³/mol. The summed E-state index contributed by atoms with van der Waals surface area (Å²) in [5.74, 6) is 0. The van der Waals surface area contributed by atoms with Crippen molar-refractivity contribution in [1.82, 2.24) is 0 Å². The number of hydrogen-bond donors (Lipinski definition) is 0. The zero-order valence-electron chi connectivity index (χ0n) is 34.4. The van der Waals surface area contributed by atoms with E-state index in [0.29, 0.717) is 11.3 Å². The third-order valence-electron chi connectivity index (χ3n) is 9.84. The zero-order chi connectivity index (χ0) is 40.4. The second-order valence-electron chi connectivity index (χ2n) is 14.7. The molecule has 0 aliphatic heterocycles. The summed E-state index contributed by atoms with van der Waals surface area (Å²) in [6.45, 7) is 9.36. The van der Waals surface area contributed by atoms with E-state index in [-0.39, 0.29) is 22.4 Å². The van der Waals surface area contributed by atoms with E-state index in [0.717, 1.165) is 11.4 Å². The van der Waals surface area contributed by atoms with Gasteiger partial charge in [0.1, 0.15) is 31.8 Å². The second-order valence-corrected chi connectivity index (χ2v) is 23.4. The zero-order valence-corrected chi connectivity index (χ0v) is 38.9. The maximum Gasteiger partial charge on any atom is 1.00 e. The van der Waals surface area contributed by atoms with Gasteiger partial charge in [0.15, 0.2) is 0 Å². The maximum atomic E-state index is 4.85. The van der Waals surface area contributed by atoms with Crippen molar-refractivity contribution < 1.29 is 22.4 Å². The Bertz CT molecular complexity index is 2000. The molecule has 0 atom stereocenters. The summed E-state index contributed by atoms with van der Waals surface area (Å²) in [6.07, 6.45) is 0. The molecule has 0 unspecified atom stereocenters. The van der Waals surface area contributed by atoms with E-state index in [9.17, 15) is 0 Å². The van der Waals surface area contributed by atoms with Gasteiger partial charge in [0.05, 0.1) is 32.5 Å². The van der Waals surface area contributed by atoms with E-state index in [4.69, 9.17) is 5.32 Å². The van der Waals surface area contributed by atoms with Crippen molar-refractivity contribution in [3.05, 3.63) is 242 Å². The quantitative estimate of drug-likeness (QED) is 0.0907. The smallest absolute Gasteiger partial charge is 0.655 e. The van der Waals surface area contributed by atoms with Gasteiger partial charge in [0, 0.05) is 7.92 Å². The van der Waals surface area contributed by atoms with Crippen LogP contribution in [0.2, 0.25) is 0 Å². The first-order chi connectivity index (χ1) is 28.5. The summed E-state index contributed by atoms with van der Waals surface area (Å²) in [6, 6.07) is 83.9. The third-order valence-corrected chi connectivity index (χ3v) is 18.8. The second kappa shape index (κ2) is 24.6. The van der Waals surface area contributed by atoms with Gasteiger partial charge in [-0.05, 0) is 107 Å². The Morgan fingerprint density at radius 3 is 0.814 bits per heavy atom. The summed E-state index contributed by atoms with van der Waals surface area (Å²) >= 11 is 0. The summed E-state index contributed by atoms with van der Waals surface area (Å²) in [5, 5.41) is 14.9. The van der Waals surface area contributed by atoms with Crippen molar-refractivity contribution in [3.8, 4) is 0 Å². The number of nitrogens with zero attached hydrogens (tertiary/aromatic N) is 1. The van der Waals surface area contributed by atoms with E-state index >= 15 is 0 Å². The molecule has 0 N–H and O–H groups in total. The molecule has 0 saturated carbocycles. The molecule has 0 bridgehead atoms. The van der Waals surface area contributed by atoms with Crippen LogP contribution >= 0.6 is 23.8 Å². The van der Waals surface area contributed by atoms with Gasteiger partial charge in [-0.2, -0.15) is 0 Å². The van der Waals surface area contributed by atoms with E-state index in [1.165, 1.54) is 37.1 Å². The summed E-state index contributed by atoms with van der Waals surface area (Å²) in [5.41, 5.74) is 3.61. The van der Waals surface area contributed by atoms with Crippen molar-refractivity contribution in [2.45, 2.75) is 39.0 Å². The average Bonchev–Trinajstić information content (AvgIpc) is 3.27. The Labute approximate surface area is 373 Å². The van der Waals surface area contributed by atoms with Crippen molar-refractivity contribution in [2.24, 2.45) is 0 Å². The molecule has 0 aromatic heterocycles. The Balaban J connectivity index is 0.000000167. The van der Waals surface area contributed by atoms with Crippen LogP contribution in [0.3, 0.4) is 0 Å². The normalized spacial score (nSPS) is 10.7. The Morgan fingerprint density at radius 1 is 0.305 bits per heavy atom. The van der Waals surface area contributed by atoms with Gasteiger partial charge in [0.25, 0.3) is 0 Å². The van der Waals surface area contributed by atoms with Gasteiger partial charge in [-0.25, -0.2) is 0 Å². The molecule has 59 heavy (non-hydrogen) atoms. The van der Waals surface area contributed by atoms with Crippen LogP contribution in [0.5, 0.6) is 0 Å². The minimum Gasteiger partial charge on any atom is -0.655 e. The minimum absolute atomic E-state index is 0. The van der Waals surface area contributed by atoms with Crippen LogP contribution in [-0.2, 0) is 22.4 Å². The molecule has 0 radical (unpaired) electrons. The first-order valence-electron chi connectivity index (χ1n) is 20.3. The molecule has 8 rings (SSSR count). The van der Waals surface area contributed by atoms with Crippen LogP contribution in [0.15, 0.2) is 237 Å². The topological polar surface area (TPSA) is 14.1 Å². The molecule has 300 valence electrons. The molecule has 0 heterocycles. The van der Waals surface area contributed by atoms with Crippen LogP contribution in [0.4, 0.5) is 11.4 Å². The summed E-state index contributed by atoms with van der Waals surface area (Å²) < 4.78 is 0. The van der Waals surface area contributed by atoms with Crippen LogP contribution in [0.1, 0.15) is 27.7 Å². The molecular weight excluding hydrogens is 863 g/mol. The predicted octanol–water partition coefficient (Wildman–Crippen LogP) is 12.0. The third kappa shape index (κ3) is 13.6. The first kappa shape index (κ1) is 45.7. The molecule has 8 aromatic rings. The SMILES string of the molecule is CC(C)[PH+](c1ccccc1[N-]c1ccccc1)C(C)C.[Ag+].c1ccc([PH+](c2ccccc2)c2ccccc2)cc1.c1ccc([PH+](c2ccccc2)c2ccccc2)cc1. The van der Waals surface area contributed by atoms with Gasteiger partial charge >= 0.3 is 22.4 Å². The van der Waals surface area contributed by atoms with E-state index in [1.807, 2.05) is 18.2 Å². The molecule has 5 heteroatoms. The molecule has 8 aromatic carbocycles. The number of benzene rings is 8. The molecule has 0 fully saturated rings. The van der Waals surface area contributed by atoms with Crippen molar-refractivity contribution in [3.63, 3.8) is 0 Å². The summed E-state index contributed by atoms with van der Waals surface area (Å²) in [4.78, 5) is 0. The van der Waals surface area contributed by atoms with Crippen LogP contribution < -0.4 is 37.1 Å². The van der Waals surface area contributed by atoms with E-state index < -0.39 is 23.8 Å². The minimum atomic E-state index is -0.877. The van der Waals surface area contributed by atoms with Crippen LogP contribution in [0, 0.1) is 0 Å². The number of para-hydroxylation sites is 2. The average molecular weight is 920 g/mol. The van der Waals surface area contributed by atoms with Gasteiger partial charge in [-0.1, -0.05) is 163 Å². The summed E-state index contributed by atoms with van der Waals surface area (Å²) in [7, 11) is -2.35. The molecule has 0 aliphatic rings. The molecule has 0 amide bonds. The van der Waals surface area contributed by atoms with E-state index in [2.05, 4.69) is 246 Å². The van der Waals surface area contributed by atoms with E-state index in [1.54, 1.807) is 0 Å². The number of hydrogen-bond acceptors (Lipinski definition) is 0. The Morgan fingerprint density at radius 2 is 0.542 bits per heavy atom. The molecule has 0 aliphatic carbocycles. The van der Waals surface area contributed by atoms with Gasteiger partial charge in [-0.3, -0.25) is 0 Å². The van der Waals surface area contributed by atoms with Gasteiger partial charge in [-0.15, -0.1) is 5.69 Å². The van der Waals surface area contributed by atoms with Crippen LogP contribution in [0.25, 0.3) is 5.32 Å². The van der Waals surface area contributed by atoms with Crippen molar-refractivity contribution >= 4 is 72.3 Å². The largest absolute Gasteiger partial charge is 1.00 e. The number of rotatable bonds is 11. The first-order valence-corrected chi connectivity index (χ1v) is 24.9. The van der Waals surface area contributed by atoms with Crippen molar-refractivity contribution in [2.75, 3.05) is 0 Å². The fourth-order valence-corrected chi connectivity index (χ4v) is 15.8.